The fourth-order valence-corrected chi connectivity index (χ4v) is 3.03. The van der Waals surface area contributed by atoms with Crippen LogP contribution in [0.5, 0.6) is 0 Å². The van der Waals surface area contributed by atoms with E-state index < -0.39 is 6.10 Å². The molecule has 7 nitrogen and oxygen atoms in total. The quantitative estimate of drug-likeness (QED) is 0.840. The Morgan fingerprint density at radius 2 is 2.22 bits per heavy atom. The van der Waals surface area contributed by atoms with Crippen molar-refractivity contribution in [3.05, 3.63) is 27.8 Å². The molecule has 0 saturated carbocycles. The van der Waals surface area contributed by atoms with Crippen LogP contribution >= 0.6 is 11.6 Å². The van der Waals surface area contributed by atoms with Crippen molar-refractivity contribution < 1.29 is 9.84 Å². The zero-order chi connectivity index (χ0) is 16.6. The first kappa shape index (κ1) is 16.2. The molecule has 2 aromatic heterocycles. The van der Waals surface area contributed by atoms with Gasteiger partial charge in [0.05, 0.1) is 11.6 Å². The van der Waals surface area contributed by atoms with Crippen LogP contribution in [0.3, 0.4) is 0 Å². The summed E-state index contributed by atoms with van der Waals surface area (Å²) in [5.41, 5.74) is 0.894. The maximum Gasteiger partial charge on any atom is 0.349 e. The molecule has 0 aliphatic carbocycles. The zero-order valence-electron chi connectivity index (χ0n) is 13.1. The molecule has 1 fully saturated rings. The topological polar surface area (TPSA) is 80.5 Å². The molecule has 1 saturated heterocycles. The van der Waals surface area contributed by atoms with Gasteiger partial charge in [-0.15, -0.1) is 0 Å². The maximum absolute atomic E-state index is 12.1. The molecule has 0 amide bonds. The second-order valence-corrected chi connectivity index (χ2v) is 5.96. The number of hydrogen-bond donors (Lipinski definition) is 1. The Kier molecular flexibility index (Phi) is 4.52. The van der Waals surface area contributed by atoms with Crippen LogP contribution in [0.15, 0.2) is 16.9 Å². The van der Waals surface area contributed by atoms with E-state index in [9.17, 15) is 9.90 Å². The molecule has 0 unspecified atom stereocenters. The van der Waals surface area contributed by atoms with Crippen molar-refractivity contribution in [2.75, 3.05) is 24.6 Å². The van der Waals surface area contributed by atoms with Crippen molar-refractivity contribution in [1.29, 1.82) is 0 Å². The van der Waals surface area contributed by atoms with Gasteiger partial charge in [-0.2, -0.15) is 4.98 Å². The molecular weight excluding hydrogens is 320 g/mol. The number of halogens is 1. The summed E-state index contributed by atoms with van der Waals surface area (Å²) in [6.07, 6.45) is -0.279. The molecule has 3 rings (SSSR count). The van der Waals surface area contributed by atoms with E-state index in [4.69, 9.17) is 16.3 Å². The second kappa shape index (κ2) is 6.43. The Bertz CT molecular complexity index is 779. The van der Waals surface area contributed by atoms with E-state index in [0.717, 1.165) is 0 Å². The third kappa shape index (κ3) is 3.04. The first-order chi connectivity index (χ1) is 11.0. The van der Waals surface area contributed by atoms with E-state index in [1.54, 1.807) is 19.2 Å². The number of nitrogens with zero attached hydrogens (tertiary/aromatic N) is 4. The van der Waals surface area contributed by atoms with Gasteiger partial charge < -0.3 is 14.7 Å². The Balaban J connectivity index is 2.07. The van der Waals surface area contributed by atoms with Crippen molar-refractivity contribution in [2.45, 2.75) is 25.6 Å². The highest BCUT2D eigenvalue weighted by Crippen LogP contribution is 2.26. The Hall–Kier alpha value is -1.70. The number of fused-ring (bicyclic) bond motifs is 1. The van der Waals surface area contributed by atoms with Crippen LogP contribution in [0.25, 0.3) is 11.0 Å². The van der Waals surface area contributed by atoms with Crippen LogP contribution in [0.1, 0.15) is 13.3 Å². The minimum atomic E-state index is -0.513. The highest BCUT2D eigenvalue weighted by Gasteiger charge is 2.30. The molecule has 0 spiro atoms. The van der Waals surface area contributed by atoms with E-state index >= 15 is 0 Å². The molecule has 1 aliphatic heterocycles. The van der Waals surface area contributed by atoms with Gasteiger partial charge in [-0.05, 0) is 25.5 Å². The fourth-order valence-electron chi connectivity index (χ4n) is 2.88. The van der Waals surface area contributed by atoms with Crippen LogP contribution in [-0.2, 0) is 11.8 Å². The lowest BCUT2D eigenvalue weighted by atomic mass is 10.0. The van der Waals surface area contributed by atoms with Crippen LogP contribution in [0.4, 0.5) is 5.82 Å². The summed E-state index contributed by atoms with van der Waals surface area (Å²) < 4.78 is 7.03. The lowest BCUT2D eigenvalue weighted by Crippen LogP contribution is -2.49. The van der Waals surface area contributed by atoms with Gasteiger partial charge in [0.1, 0.15) is 16.8 Å². The normalized spacial score (nSPS) is 21.8. The van der Waals surface area contributed by atoms with E-state index in [0.29, 0.717) is 48.1 Å². The highest BCUT2D eigenvalue weighted by molar-refractivity contribution is 6.29. The Morgan fingerprint density at radius 3 is 2.96 bits per heavy atom. The number of anilines is 1. The molecule has 1 aliphatic rings. The number of aliphatic hydroxyl groups excluding tert-OH is 1. The largest absolute Gasteiger partial charge is 0.390 e. The molecule has 0 radical (unpaired) electrons. The van der Waals surface area contributed by atoms with Gasteiger partial charge in [-0.3, -0.25) is 4.57 Å². The van der Waals surface area contributed by atoms with E-state index in [1.165, 1.54) is 4.57 Å². The lowest BCUT2D eigenvalue weighted by molar-refractivity contribution is -0.0399. The minimum absolute atomic E-state index is 0.311. The van der Waals surface area contributed by atoms with Crippen molar-refractivity contribution in [1.82, 2.24) is 14.5 Å². The van der Waals surface area contributed by atoms with Crippen LogP contribution in [0, 0.1) is 0 Å². The van der Waals surface area contributed by atoms with Gasteiger partial charge in [0.2, 0.25) is 0 Å². The van der Waals surface area contributed by atoms with Gasteiger partial charge >= 0.3 is 5.69 Å². The Morgan fingerprint density at radius 1 is 1.43 bits per heavy atom. The number of ether oxygens (including phenoxy) is 1. The smallest absolute Gasteiger partial charge is 0.349 e. The summed E-state index contributed by atoms with van der Waals surface area (Å²) in [5, 5.41) is 10.4. The average molecular weight is 339 g/mol. The Labute approximate surface area is 138 Å². The van der Waals surface area contributed by atoms with E-state index in [-0.39, 0.29) is 11.8 Å². The fraction of sp³-hybridized carbons (Fsp3) is 0.533. The van der Waals surface area contributed by atoms with Gasteiger partial charge in [0.25, 0.3) is 0 Å². The summed E-state index contributed by atoms with van der Waals surface area (Å²) in [7, 11) is 1.65. The monoisotopic (exact) mass is 338 g/mol. The highest BCUT2D eigenvalue weighted by atomic mass is 35.5. The van der Waals surface area contributed by atoms with Gasteiger partial charge in [0, 0.05) is 26.7 Å². The minimum Gasteiger partial charge on any atom is -0.390 e. The number of aromatic nitrogens is 3. The summed E-state index contributed by atoms with van der Waals surface area (Å²) in [5.74, 6) is 0.488. The van der Waals surface area contributed by atoms with Crippen LogP contribution in [0.2, 0.25) is 5.15 Å². The van der Waals surface area contributed by atoms with Gasteiger partial charge in [-0.1, -0.05) is 11.6 Å². The van der Waals surface area contributed by atoms with Crippen LogP contribution < -0.4 is 10.6 Å². The predicted octanol–water partition coefficient (Wildman–Crippen LogP) is 0.958. The zero-order valence-corrected chi connectivity index (χ0v) is 13.8. The lowest BCUT2D eigenvalue weighted by Gasteiger charge is -2.36. The predicted molar refractivity (Wildman–Crippen MR) is 88.0 cm³/mol. The number of pyridine rings is 1. The molecule has 8 heteroatoms. The summed E-state index contributed by atoms with van der Waals surface area (Å²) in [6.45, 7) is 3.44. The van der Waals surface area contributed by atoms with Gasteiger partial charge in [0.15, 0.2) is 5.82 Å². The molecule has 2 aromatic rings. The van der Waals surface area contributed by atoms with Gasteiger partial charge in [-0.25, -0.2) is 9.78 Å². The first-order valence-corrected chi connectivity index (χ1v) is 7.97. The molecular formula is C15H19ClN4O3. The summed E-state index contributed by atoms with van der Waals surface area (Å²) >= 11 is 6.01. The molecule has 0 aromatic carbocycles. The standard InChI is InChI=1S/C15H19ClN4O3/c1-3-23-11-8-20(7-6-10(11)21)14-13-9(4-5-12(16)17-13)19(2)15(22)18-14/h4-5,10-11,21H,3,6-8H2,1-2H3/t10-,11+/m1/s1. The number of aliphatic hydroxyl groups is 1. The SMILES string of the molecule is CCO[C@H]1CN(c2nc(=O)n(C)c3ccc(Cl)nc23)CC[C@H]1O. The summed E-state index contributed by atoms with van der Waals surface area (Å²) in [6, 6.07) is 3.41. The third-order valence-electron chi connectivity index (χ3n) is 4.11. The van der Waals surface area contributed by atoms with E-state index in [2.05, 4.69) is 9.97 Å². The molecule has 1 N–H and O–H groups in total. The molecule has 2 atom stereocenters. The summed E-state index contributed by atoms with van der Waals surface area (Å²) in [4.78, 5) is 22.6. The molecule has 23 heavy (non-hydrogen) atoms. The third-order valence-corrected chi connectivity index (χ3v) is 4.32. The molecule has 0 bridgehead atoms. The van der Waals surface area contributed by atoms with Crippen molar-refractivity contribution in [3.63, 3.8) is 0 Å². The second-order valence-electron chi connectivity index (χ2n) is 5.57. The first-order valence-electron chi connectivity index (χ1n) is 7.59. The van der Waals surface area contributed by atoms with Crippen molar-refractivity contribution in [3.8, 4) is 0 Å². The van der Waals surface area contributed by atoms with E-state index in [1.807, 2.05) is 11.8 Å². The number of rotatable bonds is 3. The maximum atomic E-state index is 12.1. The van der Waals surface area contributed by atoms with Crippen LogP contribution in [-0.4, -0.2) is 51.5 Å². The number of piperidine rings is 1. The van der Waals surface area contributed by atoms with Crippen molar-refractivity contribution >= 4 is 28.5 Å². The molecule has 124 valence electrons. The average Bonchev–Trinajstić information content (AvgIpc) is 2.53. The molecule has 3 heterocycles. The number of aryl methyl sites for hydroxylation is 1. The number of hydrogen-bond acceptors (Lipinski definition) is 6. The van der Waals surface area contributed by atoms with Crippen molar-refractivity contribution in [2.24, 2.45) is 7.05 Å².